The van der Waals surface area contributed by atoms with E-state index in [2.05, 4.69) is 15.9 Å². The van der Waals surface area contributed by atoms with E-state index in [4.69, 9.17) is 0 Å². The zero-order valence-electron chi connectivity index (χ0n) is 13.0. The molecule has 0 radical (unpaired) electrons. The van der Waals surface area contributed by atoms with Gasteiger partial charge in [-0.05, 0) is 37.1 Å². The van der Waals surface area contributed by atoms with E-state index in [0.717, 1.165) is 26.5 Å². The summed E-state index contributed by atoms with van der Waals surface area (Å²) in [5, 5.41) is 1.01. The molecule has 0 fully saturated rings. The lowest BCUT2D eigenvalue weighted by Gasteiger charge is -2.13. The maximum Gasteiger partial charge on any atom is 0.251 e. The van der Waals surface area contributed by atoms with E-state index in [-0.39, 0.29) is 17.9 Å². The predicted molar refractivity (Wildman–Crippen MR) is 96.2 cm³/mol. The van der Waals surface area contributed by atoms with Crippen LogP contribution in [0.5, 0.6) is 0 Å². The zero-order valence-corrected chi connectivity index (χ0v) is 14.6. The number of aryl methyl sites for hydroxylation is 2. The molecule has 0 spiro atoms. The van der Waals surface area contributed by atoms with Crippen LogP contribution in [0.4, 0.5) is 0 Å². The number of pyridine rings is 1. The summed E-state index contributed by atoms with van der Waals surface area (Å²) in [5.41, 5.74) is 3.22. The first-order valence-electron chi connectivity index (χ1n) is 7.36. The fourth-order valence-corrected chi connectivity index (χ4v) is 3.08. The van der Waals surface area contributed by atoms with Crippen LogP contribution in [0.3, 0.4) is 0 Å². The van der Waals surface area contributed by atoms with Crippen LogP contribution < -0.4 is 5.56 Å². The maximum atomic E-state index is 12.5. The first-order valence-corrected chi connectivity index (χ1v) is 8.15. The number of carbonyl (C=O) groups is 1. The molecule has 23 heavy (non-hydrogen) atoms. The molecule has 1 heterocycles. The quantitative estimate of drug-likeness (QED) is 0.646. The van der Waals surface area contributed by atoms with Crippen molar-refractivity contribution >= 4 is 32.6 Å². The van der Waals surface area contributed by atoms with Crippen LogP contribution in [0.15, 0.2) is 57.8 Å². The smallest absolute Gasteiger partial charge is 0.251 e. The predicted octanol–water partition coefficient (Wildman–Crippen LogP) is 4.26. The molecule has 3 nitrogen and oxygen atoms in total. The van der Waals surface area contributed by atoms with Gasteiger partial charge in [-0.3, -0.25) is 9.59 Å². The fraction of sp³-hybridized carbons (Fsp3) is 0.158. The van der Waals surface area contributed by atoms with E-state index in [9.17, 15) is 9.59 Å². The Bertz CT molecular complexity index is 956. The van der Waals surface area contributed by atoms with Gasteiger partial charge < -0.3 is 4.57 Å². The van der Waals surface area contributed by atoms with Gasteiger partial charge >= 0.3 is 0 Å². The van der Waals surface area contributed by atoms with E-state index < -0.39 is 0 Å². The highest BCUT2D eigenvalue weighted by molar-refractivity contribution is 9.10. The summed E-state index contributed by atoms with van der Waals surface area (Å²) >= 11 is 3.36. The minimum Gasteiger partial charge on any atom is -0.300 e. The van der Waals surface area contributed by atoms with Gasteiger partial charge in [0, 0.05) is 21.5 Å². The largest absolute Gasteiger partial charge is 0.300 e. The van der Waals surface area contributed by atoms with E-state index >= 15 is 0 Å². The third-order valence-corrected chi connectivity index (χ3v) is 4.54. The van der Waals surface area contributed by atoms with Crippen molar-refractivity contribution < 1.29 is 4.79 Å². The summed E-state index contributed by atoms with van der Waals surface area (Å²) in [7, 11) is 0. The second-order valence-electron chi connectivity index (χ2n) is 5.65. The van der Waals surface area contributed by atoms with Crippen molar-refractivity contribution in [1.29, 1.82) is 0 Å². The number of ketones is 1. The Morgan fingerprint density at radius 1 is 1.04 bits per heavy atom. The van der Waals surface area contributed by atoms with Gasteiger partial charge in [0.05, 0.1) is 12.1 Å². The van der Waals surface area contributed by atoms with E-state index in [0.29, 0.717) is 5.56 Å². The Balaban J connectivity index is 2.11. The Morgan fingerprint density at radius 3 is 2.43 bits per heavy atom. The van der Waals surface area contributed by atoms with Crippen LogP contribution in [0.25, 0.3) is 10.9 Å². The highest BCUT2D eigenvalue weighted by Gasteiger charge is 2.13. The molecular weight excluding hydrogens is 354 g/mol. The van der Waals surface area contributed by atoms with Crippen molar-refractivity contribution in [3.05, 3.63) is 80.0 Å². The standard InChI is InChI=1S/C19H16BrNO2/c1-12-4-3-5-16-13(2)10-18(23)21(19(12)16)11-17(22)14-6-8-15(20)9-7-14/h3-10H,11H2,1-2H3. The molecule has 3 rings (SSSR count). The molecule has 116 valence electrons. The number of halogens is 1. The van der Waals surface area contributed by atoms with Gasteiger partial charge in [-0.2, -0.15) is 0 Å². The topological polar surface area (TPSA) is 39.1 Å². The molecule has 3 aromatic rings. The van der Waals surface area contributed by atoms with Gasteiger partial charge in [-0.1, -0.05) is 46.3 Å². The van der Waals surface area contributed by atoms with Crippen LogP contribution in [0.1, 0.15) is 21.5 Å². The molecule has 0 atom stereocenters. The Labute approximate surface area is 142 Å². The minimum absolute atomic E-state index is 0.0437. The summed E-state index contributed by atoms with van der Waals surface area (Å²) in [6.07, 6.45) is 0. The highest BCUT2D eigenvalue weighted by Crippen LogP contribution is 2.20. The zero-order chi connectivity index (χ0) is 16.6. The summed E-state index contributed by atoms with van der Waals surface area (Å²) in [4.78, 5) is 25.0. The van der Waals surface area contributed by atoms with E-state index in [1.165, 1.54) is 0 Å². The van der Waals surface area contributed by atoms with Crippen molar-refractivity contribution in [2.75, 3.05) is 0 Å². The molecule has 0 aliphatic rings. The van der Waals surface area contributed by atoms with Crippen molar-refractivity contribution in [2.45, 2.75) is 20.4 Å². The number of Topliss-reactive ketones (excluding diaryl/α,β-unsaturated/α-hetero) is 1. The van der Waals surface area contributed by atoms with Crippen LogP contribution in [-0.2, 0) is 6.54 Å². The van der Waals surface area contributed by atoms with E-state index in [1.807, 2.05) is 44.2 Å². The second kappa shape index (κ2) is 6.13. The summed E-state index contributed by atoms with van der Waals surface area (Å²) in [6.45, 7) is 3.92. The molecule has 1 aromatic heterocycles. The molecule has 0 saturated heterocycles. The van der Waals surface area contributed by atoms with Crippen LogP contribution in [0, 0.1) is 13.8 Å². The average Bonchev–Trinajstić information content (AvgIpc) is 2.52. The number of nitrogens with zero attached hydrogens (tertiary/aromatic N) is 1. The monoisotopic (exact) mass is 369 g/mol. The van der Waals surface area contributed by atoms with E-state index in [1.54, 1.807) is 22.8 Å². The van der Waals surface area contributed by atoms with Crippen molar-refractivity contribution in [2.24, 2.45) is 0 Å². The van der Waals surface area contributed by atoms with Crippen LogP contribution in [-0.4, -0.2) is 10.4 Å². The van der Waals surface area contributed by atoms with Gasteiger partial charge in [0.25, 0.3) is 5.56 Å². The number of carbonyl (C=O) groups excluding carboxylic acids is 1. The normalized spacial score (nSPS) is 10.9. The number of para-hydroxylation sites is 1. The van der Waals surface area contributed by atoms with Crippen molar-refractivity contribution in [3.8, 4) is 0 Å². The number of hydrogen-bond acceptors (Lipinski definition) is 2. The molecule has 2 aromatic carbocycles. The molecule has 0 unspecified atom stereocenters. The molecule has 0 bridgehead atoms. The Kier molecular flexibility index (Phi) is 4.18. The van der Waals surface area contributed by atoms with Gasteiger partial charge in [-0.25, -0.2) is 0 Å². The second-order valence-corrected chi connectivity index (χ2v) is 6.57. The van der Waals surface area contributed by atoms with Gasteiger partial charge in [0.1, 0.15) is 0 Å². The SMILES string of the molecule is Cc1cc(=O)n(CC(=O)c2ccc(Br)cc2)c2c(C)cccc12. The summed E-state index contributed by atoms with van der Waals surface area (Å²) in [6, 6.07) is 14.7. The Hall–Kier alpha value is -2.20. The lowest BCUT2D eigenvalue weighted by molar-refractivity contribution is 0.0972. The third-order valence-electron chi connectivity index (χ3n) is 4.01. The number of rotatable bonds is 3. The van der Waals surface area contributed by atoms with Crippen molar-refractivity contribution in [3.63, 3.8) is 0 Å². The number of hydrogen-bond donors (Lipinski definition) is 0. The summed E-state index contributed by atoms with van der Waals surface area (Å²) < 4.78 is 2.49. The summed E-state index contributed by atoms with van der Waals surface area (Å²) in [5.74, 6) is -0.0759. The lowest BCUT2D eigenvalue weighted by atomic mass is 10.1. The maximum absolute atomic E-state index is 12.5. The third kappa shape index (κ3) is 2.99. The first kappa shape index (κ1) is 15.7. The Morgan fingerprint density at radius 2 is 1.74 bits per heavy atom. The number of benzene rings is 2. The molecule has 0 aliphatic heterocycles. The fourth-order valence-electron chi connectivity index (χ4n) is 2.81. The van der Waals surface area contributed by atoms with Crippen LogP contribution in [0.2, 0.25) is 0 Å². The lowest BCUT2D eigenvalue weighted by Crippen LogP contribution is -2.25. The van der Waals surface area contributed by atoms with Crippen LogP contribution >= 0.6 is 15.9 Å². The number of aromatic nitrogens is 1. The molecule has 0 saturated carbocycles. The molecule has 0 amide bonds. The van der Waals surface area contributed by atoms with Gasteiger partial charge in [-0.15, -0.1) is 0 Å². The average molecular weight is 370 g/mol. The first-order chi connectivity index (χ1) is 11.0. The molecule has 0 N–H and O–H groups in total. The minimum atomic E-state index is -0.144. The molecular formula is C19H16BrNO2. The number of fused-ring (bicyclic) bond motifs is 1. The molecule has 4 heteroatoms. The molecule has 0 aliphatic carbocycles. The van der Waals surface area contributed by atoms with Gasteiger partial charge in [0.2, 0.25) is 0 Å². The highest BCUT2D eigenvalue weighted by atomic mass is 79.9. The van der Waals surface area contributed by atoms with Gasteiger partial charge in [0.15, 0.2) is 5.78 Å². The van der Waals surface area contributed by atoms with Crippen molar-refractivity contribution in [1.82, 2.24) is 4.57 Å².